The Bertz CT molecular complexity index is 791. The Morgan fingerprint density at radius 3 is 2.90 bits per heavy atom. The number of amides is 1. The highest BCUT2D eigenvalue weighted by atomic mass is 16.1. The van der Waals surface area contributed by atoms with E-state index in [4.69, 9.17) is 5.73 Å². The number of nitrogen functional groups attached to an aromatic ring is 1. The highest BCUT2D eigenvalue weighted by Crippen LogP contribution is 2.18. The molecule has 5 nitrogen and oxygen atoms in total. The van der Waals surface area contributed by atoms with Crippen molar-refractivity contribution in [3.05, 3.63) is 53.7 Å². The lowest BCUT2D eigenvalue weighted by Crippen LogP contribution is -2.12. The summed E-state index contributed by atoms with van der Waals surface area (Å²) in [6, 6.07) is 10.9. The second-order valence-corrected chi connectivity index (χ2v) is 4.70. The molecule has 3 rings (SSSR count). The van der Waals surface area contributed by atoms with E-state index in [2.05, 4.69) is 15.5 Å². The molecule has 5 heteroatoms. The van der Waals surface area contributed by atoms with Gasteiger partial charge in [-0.2, -0.15) is 5.10 Å². The number of aromatic nitrogens is 2. The molecule has 20 heavy (non-hydrogen) atoms. The molecule has 0 fully saturated rings. The summed E-state index contributed by atoms with van der Waals surface area (Å²) in [5, 5.41) is 10.6. The molecule has 1 heterocycles. The Morgan fingerprint density at radius 1 is 1.25 bits per heavy atom. The average Bonchev–Trinajstić information content (AvgIpc) is 2.89. The molecule has 0 unspecified atom stereocenters. The molecule has 3 aromatic rings. The fourth-order valence-electron chi connectivity index (χ4n) is 2.01. The number of fused-ring (bicyclic) bond motifs is 1. The zero-order valence-electron chi connectivity index (χ0n) is 11.0. The van der Waals surface area contributed by atoms with Crippen molar-refractivity contribution in [2.75, 3.05) is 11.1 Å². The van der Waals surface area contributed by atoms with Crippen LogP contribution in [-0.4, -0.2) is 16.1 Å². The van der Waals surface area contributed by atoms with Gasteiger partial charge >= 0.3 is 0 Å². The number of hydrogen-bond donors (Lipinski definition) is 3. The molecule has 4 N–H and O–H groups in total. The number of anilines is 2. The van der Waals surface area contributed by atoms with E-state index in [0.29, 0.717) is 11.3 Å². The van der Waals surface area contributed by atoms with Gasteiger partial charge in [-0.3, -0.25) is 9.89 Å². The van der Waals surface area contributed by atoms with Crippen molar-refractivity contribution in [1.29, 1.82) is 0 Å². The molecule has 0 radical (unpaired) electrons. The summed E-state index contributed by atoms with van der Waals surface area (Å²) in [5.74, 6) is -0.181. The Balaban J connectivity index is 1.85. The minimum absolute atomic E-state index is 0.181. The van der Waals surface area contributed by atoms with E-state index in [9.17, 15) is 4.79 Å². The fraction of sp³-hybridized carbons (Fsp3) is 0.0667. The Labute approximate surface area is 115 Å². The first-order chi connectivity index (χ1) is 9.63. The van der Waals surface area contributed by atoms with Gasteiger partial charge in [0.15, 0.2) is 0 Å². The second kappa shape index (κ2) is 4.70. The quantitative estimate of drug-likeness (QED) is 0.623. The fourth-order valence-corrected chi connectivity index (χ4v) is 2.01. The normalized spacial score (nSPS) is 10.7. The van der Waals surface area contributed by atoms with Crippen molar-refractivity contribution in [3.8, 4) is 0 Å². The van der Waals surface area contributed by atoms with Crippen LogP contribution < -0.4 is 11.1 Å². The molecule has 0 saturated carbocycles. The minimum Gasteiger partial charge on any atom is -0.398 e. The second-order valence-electron chi connectivity index (χ2n) is 4.70. The molecule has 0 aliphatic carbocycles. The molecule has 2 aromatic carbocycles. The number of carbonyl (C=O) groups excluding carboxylic acids is 1. The predicted octanol–water partition coefficient (Wildman–Crippen LogP) is 2.71. The van der Waals surface area contributed by atoms with Gasteiger partial charge in [0.05, 0.1) is 11.7 Å². The lowest BCUT2D eigenvalue weighted by atomic mass is 10.1. The van der Waals surface area contributed by atoms with Crippen LogP contribution in [0.4, 0.5) is 11.4 Å². The van der Waals surface area contributed by atoms with Gasteiger partial charge in [0.1, 0.15) is 0 Å². The van der Waals surface area contributed by atoms with Gasteiger partial charge in [-0.1, -0.05) is 6.07 Å². The lowest BCUT2D eigenvalue weighted by Gasteiger charge is -2.07. The third-order valence-electron chi connectivity index (χ3n) is 3.24. The summed E-state index contributed by atoms with van der Waals surface area (Å²) in [7, 11) is 0. The first-order valence-corrected chi connectivity index (χ1v) is 6.24. The third kappa shape index (κ3) is 2.21. The van der Waals surface area contributed by atoms with E-state index in [1.807, 2.05) is 31.2 Å². The van der Waals surface area contributed by atoms with Crippen molar-refractivity contribution < 1.29 is 4.79 Å². The van der Waals surface area contributed by atoms with Gasteiger partial charge in [-0.25, -0.2) is 0 Å². The molecule has 0 aliphatic rings. The standard InChI is InChI=1S/C15H14N4O/c1-9-2-3-10(7-13(9)16)15(20)18-12-4-5-14-11(6-12)8-17-19-14/h2-8H,16H2,1H3,(H,17,19)(H,18,20). The average molecular weight is 266 g/mol. The van der Waals surface area contributed by atoms with Crippen LogP contribution in [0.2, 0.25) is 0 Å². The summed E-state index contributed by atoms with van der Waals surface area (Å²) in [6.07, 6.45) is 1.72. The number of nitrogens with zero attached hydrogens (tertiary/aromatic N) is 1. The van der Waals surface area contributed by atoms with Gasteiger partial charge < -0.3 is 11.1 Å². The minimum atomic E-state index is -0.181. The smallest absolute Gasteiger partial charge is 0.255 e. The highest BCUT2D eigenvalue weighted by molar-refractivity contribution is 6.05. The summed E-state index contributed by atoms with van der Waals surface area (Å²) >= 11 is 0. The van der Waals surface area contributed by atoms with Crippen molar-refractivity contribution in [3.63, 3.8) is 0 Å². The van der Waals surface area contributed by atoms with E-state index in [1.54, 1.807) is 18.3 Å². The van der Waals surface area contributed by atoms with E-state index >= 15 is 0 Å². The lowest BCUT2D eigenvalue weighted by molar-refractivity contribution is 0.102. The number of nitrogens with two attached hydrogens (primary N) is 1. The molecular formula is C15H14N4O. The van der Waals surface area contributed by atoms with Crippen molar-refractivity contribution >= 4 is 28.2 Å². The first kappa shape index (κ1) is 12.2. The zero-order chi connectivity index (χ0) is 14.1. The van der Waals surface area contributed by atoms with Gasteiger partial charge in [-0.15, -0.1) is 0 Å². The molecular weight excluding hydrogens is 252 g/mol. The molecule has 100 valence electrons. The number of aromatic amines is 1. The first-order valence-electron chi connectivity index (χ1n) is 6.24. The number of nitrogens with one attached hydrogen (secondary N) is 2. The molecule has 0 saturated heterocycles. The predicted molar refractivity (Wildman–Crippen MR) is 79.6 cm³/mol. The van der Waals surface area contributed by atoms with Crippen LogP contribution in [0.5, 0.6) is 0 Å². The van der Waals surface area contributed by atoms with E-state index in [0.717, 1.165) is 22.2 Å². The van der Waals surface area contributed by atoms with Gasteiger partial charge in [0.2, 0.25) is 0 Å². The molecule has 0 bridgehead atoms. The van der Waals surface area contributed by atoms with Crippen LogP contribution in [-0.2, 0) is 0 Å². The topological polar surface area (TPSA) is 83.8 Å². The highest BCUT2D eigenvalue weighted by Gasteiger charge is 2.08. The maximum Gasteiger partial charge on any atom is 0.255 e. The summed E-state index contributed by atoms with van der Waals surface area (Å²) < 4.78 is 0. The third-order valence-corrected chi connectivity index (χ3v) is 3.24. The van der Waals surface area contributed by atoms with Crippen LogP contribution >= 0.6 is 0 Å². The summed E-state index contributed by atoms with van der Waals surface area (Å²) in [6.45, 7) is 1.91. The molecule has 1 amide bonds. The van der Waals surface area contributed by atoms with Crippen molar-refractivity contribution in [2.45, 2.75) is 6.92 Å². The van der Waals surface area contributed by atoms with Gasteiger partial charge in [0, 0.05) is 22.3 Å². The molecule has 1 aromatic heterocycles. The van der Waals surface area contributed by atoms with Crippen molar-refractivity contribution in [1.82, 2.24) is 10.2 Å². The SMILES string of the molecule is Cc1ccc(C(=O)Nc2ccc3[nH]ncc3c2)cc1N. The van der Waals surface area contributed by atoms with E-state index < -0.39 is 0 Å². The number of carbonyl (C=O) groups is 1. The summed E-state index contributed by atoms with van der Waals surface area (Å²) in [4.78, 5) is 12.2. The van der Waals surface area contributed by atoms with Gasteiger partial charge in [-0.05, 0) is 42.8 Å². The molecule has 0 spiro atoms. The van der Waals surface area contributed by atoms with E-state index in [1.165, 1.54) is 0 Å². The largest absolute Gasteiger partial charge is 0.398 e. The number of rotatable bonds is 2. The number of aryl methyl sites for hydroxylation is 1. The van der Waals surface area contributed by atoms with Crippen LogP contribution in [0.15, 0.2) is 42.6 Å². The maximum absolute atomic E-state index is 12.2. The Morgan fingerprint density at radius 2 is 2.10 bits per heavy atom. The number of hydrogen-bond acceptors (Lipinski definition) is 3. The van der Waals surface area contributed by atoms with Crippen LogP contribution in [0, 0.1) is 6.92 Å². The summed E-state index contributed by atoms with van der Waals surface area (Å²) in [5.41, 5.74) is 9.59. The Kier molecular flexibility index (Phi) is 2.87. The zero-order valence-corrected chi connectivity index (χ0v) is 11.0. The number of benzene rings is 2. The molecule has 0 aliphatic heterocycles. The van der Waals surface area contributed by atoms with Crippen LogP contribution in [0.3, 0.4) is 0 Å². The van der Waals surface area contributed by atoms with Crippen LogP contribution in [0.1, 0.15) is 15.9 Å². The van der Waals surface area contributed by atoms with Crippen molar-refractivity contribution in [2.24, 2.45) is 0 Å². The molecule has 0 atom stereocenters. The van der Waals surface area contributed by atoms with Gasteiger partial charge in [0.25, 0.3) is 5.91 Å². The monoisotopic (exact) mass is 266 g/mol. The number of H-pyrrole nitrogens is 1. The van der Waals surface area contributed by atoms with E-state index in [-0.39, 0.29) is 5.91 Å². The maximum atomic E-state index is 12.2. The Hall–Kier alpha value is -2.82. The van der Waals surface area contributed by atoms with Crippen LogP contribution in [0.25, 0.3) is 10.9 Å².